The van der Waals surface area contributed by atoms with Gasteiger partial charge in [-0.25, -0.2) is 4.79 Å². The largest absolute Gasteiger partial charge is 0.410 e. The molecule has 1 amide bonds. The molecule has 0 aromatic heterocycles. The Labute approximate surface area is 84.0 Å². The molecule has 0 aliphatic rings. The van der Waals surface area contributed by atoms with E-state index < -0.39 is 6.09 Å². The summed E-state index contributed by atoms with van der Waals surface area (Å²) in [6, 6.07) is 5.16. The van der Waals surface area contributed by atoms with Gasteiger partial charge in [-0.1, -0.05) is 15.9 Å². The van der Waals surface area contributed by atoms with Crippen molar-refractivity contribution in [3.63, 3.8) is 0 Å². The predicted molar refractivity (Wildman–Crippen MR) is 52.2 cm³/mol. The predicted octanol–water partition coefficient (Wildman–Crippen LogP) is 1.37. The molecule has 0 radical (unpaired) electrons. The molecule has 1 aromatic rings. The summed E-state index contributed by atoms with van der Waals surface area (Å²) in [6.07, 6.45) is -0.836. The molecule has 4 N–H and O–H groups in total. The maximum Gasteiger partial charge on any atom is 0.409 e. The number of ether oxygens (including phenoxy) is 1. The van der Waals surface area contributed by atoms with Gasteiger partial charge in [-0.05, 0) is 18.2 Å². The summed E-state index contributed by atoms with van der Waals surface area (Å²) in [6.45, 7) is 0.294. The Hall–Kier alpha value is -1.07. The van der Waals surface area contributed by atoms with Crippen LogP contribution in [0.4, 0.5) is 4.79 Å². The first-order valence-electron chi connectivity index (χ1n) is 3.59. The fourth-order valence-corrected chi connectivity index (χ4v) is 1.32. The number of halogens is 1. The molecule has 0 spiro atoms. The molecule has 0 aliphatic carbocycles. The maximum absolute atomic E-state index is 10.5. The number of carbonyl (C=O) groups excluding carboxylic acids is 1. The maximum atomic E-state index is 10.5. The highest BCUT2D eigenvalue weighted by Crippen LogP contribution is 2.22. The highest BCUT2D eigenvalue weighted by atomic mass is 79.9. The van der Waals surface area contributed by atoms with Crippen LogP contribution in [0.3, 0.4) is 0 Å². The Morgan fingerprint density at radius 3 is 2.77 bits per heavy atom. The Balaban J connectivity index is 2.99. The number of rotatable bonds is 2. The molecule has 0 bridgehead atoms. The molecular weight excluding hydrogens is 236 g/mol. The second-order valence-electron chi connectivity index (χ2n) is 2.38. The molecular formula is C8H9BrN2O2. The number of nitrogens with two attached hydrogens (primary N) is 2. The average molecular weight is 245 g/mol. The van der Waals surface area contributed by atoms with Crippen LogP contribution in [-0.2, 0) is 6.54 Å². The van der Waals surface area contributed by atoms with Crippen LogP contribution in [0.1, 0.15) is 5.56 Å². The van der Waals surface area contributed by atoms with Crippen LogP contribution < -0.4 is 16.2 Å². The van der Waals surface area contributed by atoms with Crippen molar-refractivity contribution in [2.75, 3.05) is 0 Å². The topological polar surface area (TPSA) is 78.3 Å². The quantitative estimate of drug-likeness (QED) is 0.825. The molecule has 0 heterocycles. The molecule has 4 nitrogen and oxygen atoms in total. The Bertz CT molecular complexity index is 328. The van der Waals surface area contributed by atoms with Crippen LogP contribution in [-0.4, -0.2) is 6.09 Å². The fourth-order valence-electron chi connectivity index (χ4n) is 0.915. The normalized spacial score (nSPS) is 9.69. The van der Waals surface area contributed by atoms with Gasteiger partial charge in [0, 0.05) is 16.6 Å². The van der Waals surface area contributed by atoms with Gasteiger partial charge in [-0.2, -0.15) is 0 Å². The minimum Gasteiger partial charge on any atom is -0.410 e. The first-order valence-corrected chi connectivity index (χ1v) is 4.38. The number of primary amides is 1. The van der Waals surface area contributed by atoms with E-state index in [0.717, 1.165) is 10.0 Å². The van der Waals surface area contributed by atoms with Crippen LogP contribution in [0.2, 0.25) is 0 Å². The van der Waals surface area contributed by atoms with E-state index in [1.165, 1.54) is 0 Å². The lowest BCUT2D eigenvalue weighted by Crippen LogP contribution is -2.17. The van der Waals surface area contributed by atoms with E-state index in [2.05, 4.69) is 15.9 Å². The van der Waals surface area contributed by atoms with Crippen molar-refractivity contribution in [1.82, 2.24) is 0 Å². The van der Waals surface area contributed by atoms with Gasteiger partial charge in [0.15, 0.2) is 0 Å². The van der Waals surface area contributed by atoms with E-state index in [-0.39, 0.29) is 0 Å². The molecule has 0 fully saturated rings. The van der Waals surface area contributed by atoms with Crippen LogP contribution in [0.25, 0.3) is 0 Å². The van der Waals surface area contributed by atoms with Gasteiger partial charge in [0.25, 0.3) is 0 Å². The molecule has 0 aliphatic heterocycles. The average Bonchev–Trinajstić information content (AvgIpc) is 2.07. The van der Waals surface area contributed by atoms with Gasteiger partial charge in [0.1, 0.15) is 5.75 Å². The van der Waals surface area contributed by atoms with Gasteiger partial charge in [0.2, 0.25) is 0 Å². The van der Waals surface area contributed by atoms with Crippen molar-refractivity contribution < 1.29 is 9.53 Å². The number of hydrogen-bond donors (Lipinski definition) is 2. The van der Waals surface area contributed by atoms with Gasteiger partial charge in [-0.15, -0.1) is 0 Å². The minimum atomic E-state index is -0.836. The molecule has 0 saturated heterocycles. The van der Waals surface area contributed by atoms with E-state index in [9.17, 15) is 4.79 Å². The highest BCUT2D eigenvalue weighted by Gasteiger charge is 2.05. The van der Waals surface area contributed by atoms with Gasteiger partial charge in [0.05, 0.1) is 0 Å². The van der Waals surface area contributed by atoms with Gasteiger partial charge >= 0.3 is 6.09 Å². The lowest BCUT2D eigenvalue weighted by atomic mass is 10.2. The standard InChI is InChI=1S/C8H9BrN2O2/c9-6-1-2-7(13-8(11)12)5(3-6)4-10/h1-3H,4,10H2,(H2,11,12). The van der Waals surface area contributed by atoms with E-state index in [1.54, 1.807) is 18.2 Å². The van der Waals surface area contributed by atoms with Crippen molar-refractivity contribution in [3.05, 3.63) is 28.2 Å². The first kappa shape index (κ1) is 10.0. The Morgan fingerprint density at radius 2 is 2.23 bits per heavy atom. The van der Waals surface area contributed by atoms with Crippen molar-refractivity contribution in [2.24, 2.45) is 11.5 Å². The fraction of sp³-hybridized carbons (Fsp3) is 0.125. The zero-order valence-electron chi connectivity index (χ0n) is 6.79. The van der Waals surface area contributed by atoms with E-state index in [0.29, 0.717) is 12.3 Å². The van der Waals surface area contributed by atoms with E-state index >= 15 is 0 Å². The van der Waals surface area contributed by atoms with E-state index in [4.69, 9.17) is 16.2 Å². The van der Waals surface area contributed by atoms with Crippen LogP contribution in [0.5, 0.6) is 5.75 Å². The van der Waals surface area contributed by atoms with Gasteiger partial charge in [-0.3, -0.25) is 0 Å². The SMILES string of the molecule is NCc1cc(Br)ccc1OC(N)=O. The molecule has 0 atom stereocenters. The molecule has 1 aromatic carbocycles. The van der Waals surface area contributed by atoms with Crippen molar-refractivity contribution >= 4 is 22.0 Å². The van der Waals surface area contributed by atoms with Crippen molar-refractivity contribution in [2.45, 2.75) is 6.54 Å². The minimum absolute atomic E-state index is 0.294. The van der Waals surface area contributed by atoms with Crippen molar-refractivity contribution in [1.29, 1.82) is 0 Å². The third-order valence-electron chi connectivity index (χ3n) is 1.45. The van der Waals surface area contributed by atoms with Crippen LogP contribution in [0.15, 0.2) is 22.7 Å². The summed E-state index contributed by atoms with van der Waals surface area (Å²) in [5, 5.41) is 0. The van der Waals surface area contributed by atoms with Crippen LogP contribution >= 0.6 is 15.9 Å². The summed E-state index contributed by atoms with van der Waals surface area (Å²) < 4.78 is 5.61. The first-order chi connectivity index (χ1) is 6.13. The lowest BCUT2D eigenvalue weighted by Gasteiger charge is -2.06. The second kappa shape index (κ2) is 4.25. The van der Waals surface area contributed by atoms with Gasteiger partial charge < -0.3 is 16.2 Å². The molecule has 70 valence electrons. The molecule has 13 heavy (non-hydrogen) atoms. The Morgan fingerprint density at radius 1 is 1.54 bits per heavy atom. The van der Waals surface area contributed by atoms with Crippen molar-refractivity contribution in [3.8, 4) is 5.75 Å². The van der Waals surface area contributed by atoms with Crippen LogP contribution in [0, 0.1) is 0 Å². The summed E-state index contributed by atoms with van der Waals surface area (Å²) in [5.74, 6) is 0.401. The molecule has 0 unspecified atom stereocenters. The summed E-state index contributed by atoms with van der Waals surface area (Å²) >= 11 is 3.28. The number of amides is 1. The number of carbonyl (C=O) groups is 1. The second-order valence-corrected chi connectivity index (χ2v) is 3.29. The number of hydrogen-bond acceptors (Lipinski definition) is 3. The zero-order chi connectivity index (χ0) is 9.84. The third kappa shape index (κ3) is 2.71. The zero-order valence-corrected chi connectivity index (χ0v) is 8.37. The Kier molecular flexibility index (Phi) is 3.27. The smallest absolute Gasteiger partial charge is 0.409 e. The summed E-state index contributed by atoms with van der Waals surface area (Å²) in [5.41, 5.74) is 11.0. The molecule has 5 heteroatoms. The summed E-state index contributed by atoms with van der Waals surface area (Å²) in [7, 11) is 0. The lowest BCUT2D eigenvalue weighted by molar-refractivity contribution is 0.210. The number of benzene rings is 1. The highest BCUT2D eigenvalue weighted by molar-refractivity contribution is 9.10. The summed E-state index contributed by atoms with van der Waals surface area (Å²) in [4.78, 5) is 10.5. The third-order valence-corrected chi connectivity index (χ3v) is 1.95. The molecule has 0 saturated carbocycles. The van der Waals surface area contributed by atoms with E-state index in [1.807, 2.05) is 0 Å². The molecule has 1 rings (SSSR count). The monoisotopic (exact) mass is 244 g/mol.